The molecule has 2 N–H and O–H groups in total. The molecule has 0 radical (unpaired) electrons. The van der Waals surface area contributed by atoms with Crippen LogP contribution in [0.1, 0.15) is 5.56 Å². The molecule has 0 aliphatic heterocycles. The van der Waals surface area contributed by atoms with E-state index >= 15 is 0 Å². The van der Waals surface area contributed by atoms with Crippen LogP contribution in [0.3, 0.4) is 0 Å². The number of hydrogen-bond acceptors (Lipinski definition) is 3. The highest BCUT2D eigenvalue weighted by molar-refractivity contribution is 9.10. The van der Waals surface area contributed by atoms with Crippen LogP contribution in [-0.2, 0) is 0 Å². The van der Waals surface area contributed by atoms with E-state index in [2.05, 4.69) is 20.9 Å². The van der Waals surface area contributed by atoms with Crippen molar-refractivity contribution in [2.75, 3.05) is 5.73 Å². The molecule has 0 spiro atoms. The molecule has 1 aromatic heterocycles. The first-order valence-electron chi connectivity index (χ1n) is 4.91. The highest BCUT2D eigenvalue weighted by Gasteiger charge is 2.06. The summed E-state index contributed by atoms with van der Waals surface area (Å²) >= 11 is 3.22. The quantitative estimate of drug-likeness (QED) is 0.920. The zero-order chi connectivity index (χ0) is 12.4. The third-order valence-electron chi connectivity index (χ3n) is 2.23. The Hall–Kier alpha value is -1.62. The molecule has 2 aromatic rings. The number of rotatable bonds is 2. The van der Waals surface area contributed by atoms with Crippen molar-refractivity contribution in [3.05, 3.63) is 46.3 Å². The molecular formula is C12H10BrFN2O. The Morgan fingerprint density at radius 3 is 2.76 bits per heavy atom. The largest absolute Gasteiger partial charge is 0.438 e. The minimum Gasteiger partial charge on any atom is -0.438 e. The van der Waals surface area contributed by atoms with Crippen molar-refractivity contribution in [2.24, 2.45) is 0 Å². The summed E-state index contributed by atoms with van der Waals surface area (Å²) < 4.78 is 18.9. The van der Waals surface area contributed by atoms with E-state index in [0.717, 1.165) is 5.56 Å². The molecule has 0 saturated heterocycles. The monoisotopic (exact) mass is 296 g/mol. The predicted octanol–water partition coefficient (Wildman–Crippen LogP) is 3.67. The summed E-state index contributed by atoms with van der Waals surface area (Å²) in [5.74, 6) is 0.595. The number of nitrogens with two attached hydrogens (primary N) is 1. The number of ether oxygens (including phenoxy) is 1. The van der Waals surface area contributed by atoms with Crippen LogP contribution >= 0.6 is 15.9 Å². The van der Waals surface area contributed by atoms with Crippen LogP contribution in [0.5, 0.6) is 11.6 Å². The summed E-state index contributed by atoms with van der Waals surface area (Å²) in [7, 11) is 0. The maximum absolute atomic E-state index is 12.9. The second-order valence-electron chi connectivity index (χ2n) is 3.56. The van der Waals surface area contributed by atoms with Gasteiger partial charge < -0.3 is 10.5 Å². The number of nitrogens with zero attached hydrogens (tertiary/aromatic N) is 1. The molecule has 0 atom stereocenters. The van der Waals surface area contributed by atoms with Gasteiger partial charge in [-0.1, -0.05) is 0 Å². The van der Waals surface area contributed by atoms with Gasteiger partial charge in [-0.2, -0.15) is 0 Å². The predicted molar refractivity (Wildman–Crippen MR) is 67.6 cm³/mol. The Balaban J connectivity index is 2.28. The van der Waals surface area contributed by atoms with Crippen LogP contribution in [-0.4, -0.2) is 4.98 Å². The van der Waals surface area contributed by atoms with Crippen molar-refractivity contribution in [3.8, 4) is 11.6 Å². The standard InChI is InChI=1S/C12H10BrFN2O/c1-7-4-12(16-6-10(7)15)17-11-3-2-8(14)5-9(11)13/h2-6H,15H2,1H3. The van der Waals surface area contributed by atoms with Gasteiger partial charge in [0.1, 0.15) is 11.6 Å². The molecule has 2 rings (SSSR count). The fraction of sp³-hybridized carbons (Fsp3) is 0.0833. The van der Waals surface area contributed by atoms with Crippen LogP contribution in [0, 0.1) is 12.7 Å². The molecule has 0 unspecified atom stereocenters. The summed E-state index contributed by atoms with van der Waals surface area (Å²) in [6.07, 6.45) is 1.53. The van der Waals surface area contributed by atoms with Crippen molar-refractivity contribution in [2.45, 2.75) is 6.92 Å². The van der Waals surface area contributed by atoms with Gasteiger partial charge in [-0.05, 0) is 46.6 Å². The average molecular weight is 297 g/mol. The van der Waals surface area contributed by atoms with E-state index in [-0.39, 0.29) is 5.82 Å². The number of aryl methyl sites for hydroxylation is 1. The van der Waals surface area contributed by atoms with Gasteiger partial charge >= 0.3 is 0 Å². The summed E-state index contributed by atoms with van der Waals surface area (Å²) in [4.78, 5) is 4.04. The molecule has 1 heterocycles. The molecule has 0 aliphatic rings. The summed E-state index contributed by atoms with van der Waals surface area (Å²) in [6, 6.07) is 5.92. The van der Waals surface area contributed by atoms with Gasteiger partial charge in [-0.25, -0.2) is 9.37 Å². The molecule has 0 amide bonds. The van der Waals surface area contributed by atoms with Crippen molar-refractivity contribution in [1.82, 2.24) is 4.98 Å². The molecule has 0 fully saturated rings. The smallest absolute Gasteiger partial charge is 0.219 e. The second kappa shape index (κ2) is 4.71. The van der Waals surface area contributed by atoms with Gasteiger partial charge in [0.2, 0.25) is 5.88 Å². The minimum atomic E-state index is -0.328. The maximum atomic E-state index is 12.9. The zero-order valence-corrected chi connectivity index (χ0v) is 10.7. The second-order valence-corrected chi connectivity index (χ2v) is 4.41. The Bertz CT molecular complexity index is 560. The lowest BCUT2D eigenvalue weighted by atomic mass is 10.2. The van der Waals surface area contributed by atoms with E-state index in [1.165, 1.54) is 24.4 Å². The SMILES string of the molecule is Cc1cc(Oc2ccc(F)cc2Br)ncc1N. The van der Waals surface area contributed by atoms with Crippen molar-refractivity contribution >= 4 is 21.6 Å². The lowest BCUT2D eigenvalue weighted by Gasteiger charge is -2.08. The first-order valence-corrected chi connectivity index (χ1v) is 5.70. The van der Waals surface area contributed by atoms with E-state index in [1.54, 1.807) is 6.07 Å². The van der Waals surface area contributed by atoms with E-state index < -0.39 is 0 Å². The Kier molecular flexibility index (Phi) is 3.28. The number of pyridine rings is 1. The first kappa shape index (κ1) is 11.9. The summed E-state index contributed by atoms with van der Waals surface area (Å²) in [6.45, 7) is 1.86. The number of benzene rings is 1. The molecule has 5 heteroatoms. The third kappa shape index (κ3) is 2.74. The van der Waals surface area contributed by atoms with Gasteiger partial charge in [0, 0.05) is 6.07 Å². The van der Waals surface area contributed by atoms with Gasteiger partial charge in [0.25, 0.3) is 0 Å². The van der Waals surface area contributed by atoms with Gasteiger partial charge in [0.05, 0.1) is 16.4 Å². The lowest BCUT2D eigenvalue weighted by molar-refractivity contribution is 0.458. The fourth-order valence-corrected chi connectivity index (χ4v) is 1.70. The number of halogens is 2. The van der Waals surface area contributed by atoms with Crippen molar-refractivity contribution in [3.63, 3.8) is 0 Å². The molecule has 0 aliphatic carbocycles. The molecular weight excluding hydrogens is 287 g/mol. The Labute approximate surface area is 107 Å². The summed E-state index contributed by atoms with van der Waals surface area (Å²) in [5.41, 5.74) is 7.14. The zero-order valence-electron chi connectivity index (χ0n) is 9.08. The molecule has 3 nitrogen and oxygen atoms in total. The van der Waals surface area contributed by atoms with E-state index in [0.29, 0.717) is 21.8 Å². The molecule has 0 bridgehead atoms. The molecule has 0 saturated carbocycles. The van der Waals surface area contributed by atoms with Gasteiger partial charge in [0.15, 0.2) is 0 Å². The van der Waals surface area contributed by atoms with Gasteiger partial charge in [-0.3, -0.25) is 0 Å². The van der Waals surface area contributed by atoms with Crippen molar-refractivity contribution < 1.29 is 9.13 Å². The van der Waals surface area contributed by atoms with Crippen LogP contribution in [0.2, 0.25) is 0 Å². The fourth-order valence-electron chi connectivity index (χ4n) is 1.27. The number of anilines is 1. The lowest BCUT2D eigenvalue weighted by Crippen LogP contribution is -1.94. The van der Waals surface area contributed by atoms with E-state index in [1.807, 2.05) is 6.92 Å². The molecule has 1 aromatic carbocycles. The number of aromatic nitrogens is 1. The van der Waals surface area contributed by atoms with E-state index in [9.17, 15) is 4.39 Å². The number of nitrogen functional groups attached to an aromatic ring is 1. The molecule has 88 valence electrons. The highest BCUT2D eigenvalue weighted by Crippen LogP contribution is 2.30. The number of hydrogen-bond donors (Lipinski definition) is 1. The topological polar surface area (TPSA) is 48.1 Å². The average Bonchev–Trinajstić information content (AvgIpc) is 2.27. The first-order chi connectivity index (χ1) is 8.06. The Morgan fingerprint density at radius 1 is 1.35 bits per heavy atom. The molecule has 17 heavy (non-hydrogen) atoms. The normalized spacial score (nSPS) is 10.3. The third-order valence-corrected chi connectivity index (χ3v) is 2.85. The van der Waals surface area contributed by atoms with Crippen LogP contribution in [0.15, 0.2) is 34.9 Å². The maximum Gasteiger partial charge on any atom is 0.219 e. The highest BCUT2D eigenvalue weighted by atomic mass is 79.9. The summed E-state index contributed by atoms with van der Waals surface area (Å²) in [5, 5.41) is 0. The van der Waals surface area contributed by atoms with E-state index in [4.69, 9.17) is 10.5 Å². The van der Waals surface area contributed by atoms with Gasteiger partial charge in [-0.15, -0.1) is 0 Å². The minimum absolute atomic E-state index is 0.328. The van der Waals surface area contributed by atoms with Crippen LogP contribution in [0.4, 0.5) is 10.1 Å². The Morgan fingerprint density at radius 2 is 2.12 bits per heavy atom. The van der Waals surface area contributed by atoms with Crippen LogP contribution in [0.25, 0.3) is 0 Å². The van der Waals surface area contributed by atoms with Crippen LogP contribution < -0.4 is 10.5 Å². The van der Waals surface area contributed by atoms with Crippen molar-refractivity contribution in [1.29, 1.82) is 0 Å².